The molecule has 0 amide bonds. The maximum Gasteiger partial charge on any atom is 0.159 e. The molecule has 2 aliphatic carbocycles. The summed E-state index contributed by atoms with van der Waals surface area (Å²) in [5.74, 6) is 0. The lowest BCUT2D eigenvalue weighted by Gasteiger charge is -2.36. The molecule has 7 nitrogen and oxygen atoms in total. The molecule has 0 aromatic carbocycles. The molecule has 178 valence electrons. The van der Waals surface area contributed by atoms with Crippen molar-refractivity contribution in [1.82, 2.24) is 25.1 Å². The van der Waals surface area contributed by atoms with E-state index in [2.05, 4.69) is 33.8 Å². The molecule has 1 saturated heterocycles. The quantitative estimate of drug-likeness (QED) is 0.679. The Morgan fingerprint density at radius 1 is 1.06 bits per heavy atom. The molecule has 0 bridgehead atoms. The molecule has 7 heteroatoms. The first kappa shape index (κ1) is 21.4. The molecule has 6 rings (SSSR count). The second-order valence-electron chi connectivity index (χ2n) is 10.5. The van der Waals surface area contributed by atoms with Crippen molar-refractivity contribution in [3.8, 4) is 0 Å². The average molecular weight is 451 g/mol. The van der Waals surface area contributed by atoms with Crippen LogP contribution < -0.4 is 10.8 Å². The van der Waals surface area contributed by atoms with E-state index < -0.39 is 0 Å². The summed E-state index contributed by atoms with van der Waals surface area (Å²) in [5, 5.41) is 9.68. The zero-order valence-electron chi connectivity index (χ0n) is 20.0. The topological polar surface area (TPSA) is 67.2 Å². The van der Waals surface area contributed by atoms with Gasteiger partial charge < -0.3 is 10.2 Å². The van der Waals surface area contributed by atoms with E-state index in [-0.39, 0.29) is 5.60 Å². The van der Waals surface area contributed by atoms with Crippen LogP contribution in [0.2, 0.25) is 0 Å². The Morgan fingerprint density at radius 2 is 1.85 bits per heavy atom. The largest absolute Gasteiger partial charge is 0.381 e. The van der Waals surface area contributed by atoms with Crippen LogP contribution in [0.5, 0.6) is 0 Å². The number of pyridine rings is 1. The highest BCUT2D eigenvalue weighted by Crippen LogP contribution is 2.41. The lowest BCUT2D eigenvalue weighted by atomic mass is 9.84. The van der Waals surface area contributed by atoms with Gasteiger partial charge in [0.05, 0.1) is 23.0 Å². The zero-order valence-corrected chi connectivity index (χ0v) is 20.0. The Kier molecular flexibility index (Phi) is 5.78. The van der Waals surface area contributed by atoms with Gasteiger partial charge in [0.15, 0.2) is 5.65 Å². The molecule has 1 spiro atoms. The number of fused-ring (bicyclic) bond motifs is 1. The van der Waals surface area contributed by atoms with Gasteiger partial charge in [0, 0.05) is 43.5 Å². The Bertz CT molecular complexity index is 1010. The molecule has 2 N–H and O–H groups in total. The number of hydrogen-bond acceptors (Lipinski definition) is 6. The molecule has 33 heavy (non-hydrogen) atoms. The highest BCUT2D eigenvalue weighted by Gasteiger charge is 2.37. The normalized spacial score (nSPS) is 24.5. The van der Waals surface area contributed by atoms with Gasteiger partial charge in [-0.2, -0.15) is 5.10 Å². The van der Waals surface area contributed by atoms with Crippen LogP contribution in [0.3, 0.4) is 0 Å². The average Bonchev–Trinajstić information content (AvgIpc) is 3.61. The third-order valence-corrected chi connectivity index (χ3v) is 8.45. The Morgan fingerprint density at radius 3 is 2.61 bits per heavy atom. The first-order valence-electron chi connectivity index (χ1n) is 13.3. The van der Waals surface area contributed by atoms with Crippen LogP contribution >= 0.6 is 0 Å². The van der Waals surface area contributed by atoms with E-state index in [9.17, 15) is 0 Å². The van der Waals surface area contributed by atoms with Crippen molar-refractivity contribution in [1.29, 1.82) is 0 Å². The predicted molar refractivity (Wildman–Crippen MR) is 132 cm³/mol. The highest BCUT2D eigenvalue weighted by atomic mass is 16.7. The van der Waals surface area contributed by atoms with Crippen molar-refractivity contribution in [2.75, 3.05) is 18.4 Å². The number of nitrogens with zero attached hydrogens (tertiary/aromatic N) is 4. The van der Waals surface area contributed by atoms with Gasteiger partial charge in [-0.25, -0.2) is 9.67 Å². The van der Waals surface area contributed by atoms with E-state index >= 15 is 0 Å². The third kappa shape index (κ3) is 4.03. The summed E-state index contributed by atoms with van der Waals surface area (Å²) < 4.78 is 1.99. The van der Waals surface area contributed by atoms with E-state index in [1.54, 1.807) is 0 Å². The first-order valence-corrected chi connectivity index (χ1v) is 13.3. The molecule has 2 saturated carbocycles. The molecular weight excluding hydrogens is 412 g/mol. The number of likely N-dealkylation sites (tertiary alicyclic amines) is 1. The summed E-state index contributed by atoms with van der Waals surface area (Å²) in [6, 6.07) is 1.30. The molecular formula is C26H38N6O. The van der Waals surface area contributed by atoms with Crippen LogP contribution in [0, 0.1) is 0 Å². The fraction of sp³-hybridized carbons (Fsp3) is 0.692. The van der Waals surface area contributed by atoms with E-state index in [4.69, 9.17) is 9.82 Å². The number of hydrogen-bond donors (Lipinski definition) is 2. The predicted octanol–water partition coefficient (Wildman–Crippen LogP) is 4.85. The zero-order chi connectivity index (χ0) is 22.3. The number of piperidine rings is 1. The molecule has 0 atom stereocenters. The maximum atomic E-state index is 6.18. The van der Waals surface area contributed by atoms with Gasteiger partial charge >= 0.3 is 0 Å². The number of anilines is 1. The molecule has 0 unspecified atom stereocenters. The van der Waals surface area contributed by atoms with Crippen molar-refractivity contribution >= 4 is 22.4 Å². The monoisotopic (exact) mass is 450 g/mol. The summed E-state index contributed by atoms with van der Waals surface area (Å²) in [6.45, 7) is 5.35. The second-order valence-corrected chi connectivity index (χ2v) is 10.5. The molecule has 2 aromatic heterocycles. The van der Waals surface area contributed by atoms with Gasteiger partial charge in [0.1, 0.15) is 5.60 Å². The smallest absolute Gasteiger partial charge is 0.159 e. The molecule has 2 aliphatic heterocycles. The van der Waals surface area contributed by atoms with E-state index in [0.29, 0.717) is 6.04 Å². The van der Waals surface area contributed by atoms with Crippen molar-refractivity contribution in [2.45, 2.75) is 102 Å². The van der Waals surface area contributed by atoms with E-state index in [1.165, 1.54) is 70.9 Å². The summed E-state index contributed by atoms with van der Waals surface area (Å²) >= 11 is 0. The number of aromatic nitrogens is 3. The van der Waals surface area contributed by atoms with Crippen molar-refractivity contribution in [3.63, 3.8) is 0 Å². The Hall–Kier alpha value is -2.12. The van der Waals surface area contributed by atoms with Gasteiger partial charge in [-0.1, -0.05) is 32.1 Å². The highest BCUT2D eigenvalue weighted by molar-refractivity contribution is 5.95. The van der Waals surface area contributed by atoms with Gasteiger partial charge in [-0.3, -0.25) is 10.3 Å². The maximum absolute atomic E-state index is 6.18. The minimum atomic E-state index is -0.153. The van der Waals surface area contributed by atoms with E-state index in [1.807, 2.05) is 17.1 Å². The van der Waals surface area contributed by atoms with Crippen molar-refractivity contribution < 1.29 is 4.84 Å². The minimum absolute atomic E-state index is 0.153. The Balaban J connectivity index is 1.28. The summed E-state index contributed by atoms with van der Waals surface area (Å²) in [5.41, 5.74) is 7.42. The van der Waals surface area contributed by atoms with Crippen molar-refractivity contribution in [3.05, 3.63) is 24.0 Å². The fourth-order valence-corrected chi connectivity index (χ4v) is 6.51. The van der Waals surface area contributed by atoms with Crippen LogP contribution in [0.25, 0.3) is 16.7 Å². The summed E-state index contributed by atoms with van der Waals surface area (Å²) in [7, 11) is 0. The van der Waals surface area contributed by atoms with Gasteiger partial charge in [-0.15, -0.1) is 0 Å². The molecule has 4 heterocycles. The standard InChI is InChI=1S/C26H38N6O/c1-2-32-25-22(18-28-32)24(29-19-10-14-31(15-11-19)20-8-4-5-9-20)21(17-27-25)23-16-26(33-30-23)12-6-3-7-13-26/h16-20,30H,2-15H2,1H3,(H,27,29). The van der Waals surface area contributed by atoms with Crippen LogP contribution in [0.15, 0.2) is 18.5 Å². The second kappa shape index (κ2) is 8.91. The summed E-state index contributed by atoms with van der Waals surface area (Å²) in [4.78, 5) is 13.7. The molecule has 0 radical (unpaired) electrons. The lowest BCUT2D eigenvalue weighted by molar-refractivity contribution is -0.0557. The van der Waals surface area contributed by atoms with Crippen LogP contribution in [0.1, 0.15) is 83.1 Å². The first-order chi connectivity index (χ1) is 16.2. The van der Waals surface area contributed by atoms with Gasteiger partial charge in [0.2, 0.25) is 0 Å². The third-order valence-electron chi connectivity index (χ3n) is 8.45. The fourth-order valence-electron chi connectivity index (χ4n) is 6.51. The number of nitrogens with one attached hydrogen (secondary N) is 2. The van der Waals surface area contributed by atoms with Crippen molar-refractivity contribution in [2.24, 2.45) is 0 Å². The minimum Gasteiger partial charge on any atom is -0.381 e. The molecule has 2 aromatic rings. The van der Waals surface area contributed by atoms with Gasteiger partial charge in [-0.05, 0) is 51.5 Å². The summed E-state index contributed by atoms with van der Waals surface area (Å²) in [6.07, 6.45) is 20.3. The van der Waals surface area contributed by atoms with Crippen LogP contribution in [-0.2, 0) is 11.4 Å². The van der Waals surface area contributed by atoms with Gasteiger partial charge in [0.25, 0.3) is 0 Å². The number of hydroxylamine groups is 1. The Labute approximate surface area is 196 Å². The SMILES string of the molecule is CCn1ncc2c(NC3CCN(C4CCCC4)CC3)c(C3=CC4(CCCCC4)ON3)cnc21. The number of rotatable bonds is 5. The van der Waals surface area contributed by atoms with Crippen LogP contribution in [-0.4, -0.2) is 50.4 Å². The molecule has 3 fully saturated rings. The molecule has 4 aliphatic rings. The van der Waals surface area contributed by atoms with E-state index in [0.717, 1.165) is 53.4 Å². The lowest BCUT2D eigenvalue weighted by Crippen LogP contribution is -2.43. The number of aryl methyl sites for hydroxylation is 1. The van der Waals surface area contributed by atoms with Crippen LogP contribution in [0.4, 0.5) is 5.69 Å².